The molecule has 0 unspecified atom stereocenters. The number of halogens is 1. The van der Waals surface area contributed by atoms with Crippen LogP contribution in [0.2, 0.25) is 0 Å². The molecule has 1 aliphatic heterocycles. The Morgan fingerprint density at radius 2 is 2.00 bits per heavy atom. The Kier molecular flexibility index (Phi) is 4.01. The highest BCUT2D eigenvalue weighted by Crippen LogP contribution is 2.39. The number of aromatic nitrogens is 3. The van der Waals surface area contributed by atoms with E-state index in [9.17, 15) is 9.18 Å². The van der Waals surface area contributed by atoms with Crippen molar-refractivity contribution < 1.29 is 13.6 Å². The van der Waals surface area contributed by atoms with E-state index in [4.69, 9.17) is 9.52 Å². The Labute approximate surface area is 165 Å². The van der Waals surface area contributed by atoms with Crippen LogP contribution in [0.4, 0.5) is 4.39 Å². The Hall–Kier alpha value is -3.74. The van der Waals surface area contributed by atoms with Crippen molar-refractivity contribution in [1.82, 2.24) is 19.7 Å². The van der Waals surface area contributed by atoms with E-state index in [0.29, 0.717) is 41.9 Å². The van der Waals surface area contributed by atoms with Crippen LogP contribution in [-0.2, 0) is 17.9 Å². The van der Waals surface area contributed by atoms with E-state index < -0.39 is 0 Å². The molecule has 3 aromatic heterocycles. The van der Waals surface area contributed by atoms with Gasteiger partial charge < -0.3 is 9.32 Å². The Balaban J connectivity index is 1.76. The van der Waals surface area contributed by atoms with Crippen LogP contribution in [0, 0.1) is 5.82 Å². The zero-order valence-corrected chi connectivity index (χ0v) is 15.5. The summed E-state index contributed by atoms with van der Waals surface area (Å²) in [6.07, 6.45) is 6.23. The van der Waals surface area contributed by atoms with Gasteiger partial charge in [-0.1, -0.05) is 6.58 Å². The number of rotatable bonds is 3. The summed E-state index contributed by atoms with van der Waals surface area (Å²) in [5, 5.41) is 5.24. The zero-order chi connectivity index (χ0) is 20.0. The number of carbonyl (C=O) groups excluding carboxylic acids is 1. The summed E-state index contributed by atoms with van der Waals surface area (Å²) in [5.41, 5.74) is 4.58. The maximum absolute atomic E-state index is 14.2. The Bertz CT molecular complexity index is 1240. The van der Waals surface area contributed by atoms with Crippen molar-refractivity contribution in [2.45, 2.75) is 13.1 Å². The summed E-state index contributed by atoms with van der Waals surface area (Å²) < 4.78 is 21.7. The molecule has 0 saturated heterocycles. The minimum Gasteiger partial charge on any atom is -0.464 e. The minimum atomic E-state index is -0.338. The average molecular weight is 388 g/mol. The first-order valence-electron chi connectivity index (χ1n) is 9.25. The molecule has 0 fully saturated rings. The first-order valence-corrected chi connectivity index (χ1v) is 9.25. The molecule has 0 bridgehead atoms. The summed E-state index contributed by atoms with van der Waals surface area (Å²) >= 11 is 0. The van der Waals surface area contributed by atoms with E-state index in [-0.39, 0.29) is 11.7 Å². The molecule has 0 atom stereocenters. The number of amides is 1. The van der Waals surface area contributed by atoms with Crippen LogP contribution in [0.5, 0.6) is 0 Å². The average Bonchev–Trinajstić information content (AvgIpc) is 3.39. The van der Waals surface area contributed by atoms with Crippen LogP contribution in [-0.4, -0.2) is 32.1 Å². The predicted octanol–water partition coefficient (Wildman–Crippen LogP) is 4.03. The largest absolute Gasteiger partial charge is 0.464 e. The summed E-state index contributed by atoms with van der Waals surface area (Å²) in [5.74, 6) is -0.454. The molecule has 5 rings (SSSR count). The van der Waals surface area contributed by atoms with Gasteiger partial charge in [0.05, 0.1) is 30.4 Å². The standard InChI is InChI=1S/C22H17FN4O2/c1-2-19(28)26-10-11-27-18(13-26)20(14-5-8-24-9-6-14)21(25-27)16-3-4-17(23)15-7-12-29-22(15)16/h2-9,12H,1,10-11,13H2. The molecule has 0 spiro atoms. The molecule has 7 heteroatoms. The first kappa shape index (κ1) is 17.4. The number of pyridine rings is 1. The molecule has 1 amide bonds. The fourth-order valence-electron chi connectivity index (χ4n) is 3.86. The first-order chi connectivity index (χ1) is 14.2. The fraction of sp³-hybridized carbons (Fsp3) is 0.136. The lowest BCUT2D eigenvalue weighted by Gasteiger charge is -2.27. The van der Waals surface area contributed by atoms with E-state index in [1.807, 2.05) is 16.8 Å². The second kappa shape index (κ2) is 6.70. The van der Waals surface area contributed by atoms with Crippen LogP contribution in [0.25, 0.3) is 33.4 Å². The topological polar surface area (TPSA) is 64.2 Å². The molecule has 144 valence electrons. The lowest BCUT2D eigenvalue weighted by atomic mass is 9.98. The Morgan fingerprint density at radius 3 is 2.79 bits per heavy atom. The van der Waals surface area contributed by atoms with Crippen molar-refractivity contribution in [3.8, 4) is 22.4 Å². The normalized spacial score (nSPS) is 13.5. The molecular weight excluding hydrogens is 371 g/mol. The molecular formula is C22H17FN4O2. The third-order valence-electron chi connectivity index (χ3n) is 5.25. The lowest BCUT2D eigenvalue weighted by Crippen LogP contribution is -2.37. The van der Waals surface area contributed by atoms with Gasteiger partial charge in [0.25, 0.3) is 0 Å². The summed E-state index contributed by atoms with van der Waals surface area (Å²) in [7, 11) is 0. The number of hydrogen-bond donors (Lipinski definition) is 0. The number of carbonyl (C=O) groups is 1. The summed E-state index contributed by atoms with van der Waals surface area (Å²) in [6, 6.07) is 8.53. The van der Waals surface area contributed by atoms with E-state index in [2.05, 4.69) is 11.6 Å². The third kappa shape index (κ3) is 2.74. The van der Waals surface area contributed by atoms with E-state index in [1.165, 1.54) is 18.4 Å². The van der Waals surface area contributed by atoms with Crippen molar-refractivity contribution in [2.75, 3.05) is 6.54 Å². The van der Waals surface area contributed by atoms with Gasteiger partial charge in [-0.3, -0.25) is 14.5 Å². The van der Waals surface area contributed by atoms with Gasteiger partial charge in [0.1, 0.15) is 17.1 Å². The maximum Gasteiger partial charge on any atom is 0.246 e. The van der Waals surface area contributed by atoms with Gasteiger partial charge in [-0.15, -0.1) is 0 Å². The highest BCUT2D eigenvalue weighted by molar-refractivity contribution is 5.97. The van der Waals surface area contributed by atoms with Gasteiger partial charge in [-0.25, -0.2) is 4.39 Å². The smallest absolute Gasteiger partial charge is 0.246 e. The monoisotopic (exact) mass is 388 g/mol. The van der Waals surface area contributed by atoms with E-state index in [1.54, 1.807) is 29.4 Å². The van der Waals surface area contributed by atoms with E-state index in [0.717, 1.165) is 16.8 Å². The molecule has 4 aromatic rings. The van der Waals surface area contributed by atoms with Gasteiger partial charge in [0.2, 0.25) is 5.91 Å². The second-order valence-corrected chi connectivity index (χ2v) is 6.85. The van der Waals surface area contributed by atoms with Crippen molar-refractivity contribution in [3.63, 3.8) is 0 Å². The molecule has 0 radical (unpaired) electrons. The minimum absolute atomic E-state index is 0.116. The van der Waals surface area contributed by atoms with Crippen molar-refractivity contribution in [2.24, 2.45) is 0 Å². The highest BCUT2D eigenvalue weighted by Gasteiger charge is 2.28. The second-order valence-electron chi connectivity index (χ2n) is 6.85. The maximum atomic E-state index is 14.2. The number of benzene rings is 1. The molecule has 6 nitrogen and oxygen atoms in total. The highest BCUT2D eigenvalue weighted by atomic mass is 19.1. The lowest BCUT2D eigenvalue weighted by molar-refractivity contribution is -0.127. The van der Waals surface area contributed by atoms with Crippen LogP contribution in [0.15, 0.2) is 66.1 Å². The Morgan fingerprint density at radius 1 is 1.17 bits per heavy atom. The van der Waals surface area contributed by atoms with Gasteiger partial charge in [-0.05, 0) is 42.0 Å². The molecule has 0 N–H and O–H groups in total. The summed E-state index contributed by atoms with van der Waals surface area (Å²) in [6.45, 7) is 5.12. The molecule has 4 heterocycles. The predicted molar refractivity (Wildman–Crippen MR) is 106 cm³/mol. The SMILES string of the molecule is C=CC(=O)N1CCn2nc(-c3ccc(F)c4ccoc34)c(-c3ccncc3)c2C1. The number of hydrogen-bond acceptors (Lipinski definition) is 4. The van der Waals surface area contributed by atoms with Crippen molar-refractivity contribution in [1.29, 1.82) is 0 Å². The van der Waals surface area contributed by atoms with Crippen LogP contribution in [0.3, 0.4) is 0 Å². The fourth-order valence-corrected chi connectivity index (χ4v) is 3.86. The quantitative estimate of drug-likeness (QED) is 0.497. The number of furan rings is 1. The number of fused-ring (bicyclic) bond motifs is 2. The van der Waals surface area contributed by atoms with Crippen molar-refractivity contribution >= 4 is 16.9 Å². The van der Waals surface area contributed by atoms with Gasteiger partial charge >= 0.3 is 0 Å². The van der Waals surface area contributed by atoms with Crippen LogP contribution >= 0.6 is 0 Å². The summed E-state index contributed by atoms with van der Waals surface area (Å²) in [4.78, 5) is 18.0. The third-order valence-corrected chi connectivity index (χ3v) is 5.25. The number of nitrogens with zero attached hydrogens (tertiary/aromatic N) is 4. The molecule has 1 aliphatic rings. The van der Waals surface area contributed by atoms with Crippen LogP contribution < -0.4 is 0 Å². The van der Waals surface area contributed by atoms with Gasteiger partial charge in [0, 0.05) is 30.1 Å². The molecule has 29 heavy (non-hydrogen) atoms. The van der Waals surface area contributed by atoms with Crippen molar-refractivity contribution in [3.05, 3.63) is 73.2 Å². The van der Waals surface area contributed by atoms with E-state index >= 15 is 0 Å². The molecule has 0 saturated carbocycles. The van der Waals surface area contributed by atoms with Gasteiger partial charge in [-0.2, -0.15) is 5.10 Å². The molecule has 0 aliphatic carbocycles. The zero-order valence-electron chi connectivity index (χ0n) is 15.5. The van der Waals surface area contributed by atoms with Crippen LogP contribution in [0.1, 0.15) is 5.69 Å². The van der Waals surface area contributed by atoms with Gasteiger partial charge in [0.15, 0.2) is 0 Å². The molecule has 1 aromatic carbocycles.